The standard InChI is InChI=1S/C9H17NO3/c1-10-4-3-8(11)7(6-10)5-9(12)13-2/h7-8,11H,3-6H2,1-2H3. The van der Waals surface area contributed by atoms with E-state index < -0.39 is 0 Å². The van der Waals surface area contributed by atoms with Crippen LogP contribution in [0.3, 0.4) is 0 Å². The van der Waals surface area contributed by atoms with Crippen LogP contribution in [-0.2, 0) is 9.53 Å². The van der Waals surface area contributed by atoms with Crippen LogP contribution in [0.15, 0.2) is 0 Å². The minimum Gasteiger partial charge on any atom is -0.469 e. The minimum atomic E-state index is -0.352. The zero-order valence-corrected chi connectivity index (χ0v) is 8.19. The van der Waals surface area contributed by atoms with Crippen LogP contribution in [0.25, 0.3) is 0 Å². The summed E-state index contributed by atoms with van der Waals surface area (Å²) < 4.78 is 4.57. The summed E-state index contributed by atoms with van der Waals surface area (Å²) in [6, 6.07) is 0. The quantitative estimate of drug-likeness (QED) is 0.611. The number of aliphatic hydroxyl groups is 1. The summed E-state index contributed by atoms with van der Waals surface area (Å²) in [5, 5.41) is 9.60. The van der Waals surface area contributed by atoms with Crippen LogP contribution in [0, 0.1) is 5.92 Å². The van der Waals surface area contributed by atoms with Crippen LogP contribution < -0.4 is 0 Å². The van der Waals surface area contributed by atoms with Crippen LogP contribution in [0.5, 0.6) is 0 Å². The molecular weight excluding hydrogens is 170 g/mol. The summed E-state index contributed by atoms with van der Waals surface area (Å²) in [7, 11) is 3.37. The number of esters is 1. The van der Waals surface area contributed by atoms with Crippen molar-refractivity contribution in [2.75, 3.05) is 27.2 Å². The maximum absolute atomic E-state index is 11.0. The summed E-state index contributed by atoms with van der Waals surface area (Å²) in [5.74, 6) is -0.203. The highest BCUT2D eigenvalue weighted by Gasteiger charge is 2.27. The Morgan fingerprint density at radius 3 is 3.00 bits per heavy atom. The minimum absolute atomic E-state index is 0.0335. The molecule has 1 fully saturated rings. The molecule has 4 nitrogen and oxygen atoms in total. The zero-order valence-electron chi connectivity index (χ0n) is 8.19. The first kappa shape index (κ1) is 10.5. The van der Waals surface area contributed by atoms with Crippen LogP contribution in [-0.4, -0.2) is 49.3 Å². The second-order valence-corrected chi connectivity index (χ2v) is 3.66. The van der Waals surface area contributed by atoms with Gasteiger partial charge in [0, 0.05) is 19.0 Å². The van der Waals surface area contributed by atoms with Gasteiger partial charge in [0.25, 0.3) is 0 Å². The topological polar surface area (TPSA) is 49.8 Å². The van der Waals surface area contributed by atoms with E-state index in [1.54, 1.807) is 0 Å². The molecule has 0 amide bonds. The Bertz CT molecular complexity index is 184. The van der Waals surface area contributed by atoms with E-state index in [1.165, 1.54) is 7.11 Å². The van der Waals surface area contributed by atoms with Crippen LogP contribution in [0.4, 0.5) is 0 Å². The van der Waals surface area contributed by atoms with E-state index in [9.17, 15) is 9.90 Å². The fourth-order valence-electron chi connectivity index (χ4n) is 1.70. The van der Waals surface area contributed by atoms with Gasteiger partial charge in [0.15, 0.2) is 0 Å². The fourth-order valence-corrected chi connectivity index (χ4v) is 1.70. The molecule has 0 aromatic heterocycles. The van der Waals surface area contributed by atoms with Crippen molar-refractivity contribution in [2.45, 2.75) is 18.9 Å². The number of ether oxygens (including phenoxy) is 1. The summed E-state index contributed by atoms with van der Waals surface area (Å²) in [6.45, 7) is 1.68. The predicted molar refractivity (Wildman–Crippen MR) is 48.2 cm³/mol. The molecule has 2 unspecified atom stereocenters. The maximum atomic E-state index is 11.0. The van der Waals surface area contributed by atoms with Gasteiger partial charge < -0.3 is 14.7 Å². The van der Waals surface area contributed by atoms with Crippen LogP contribution >= 0.6 is 0 Å². The molecule has 0 aromatic rings. The van der Waals surface area contributed by atoms with Gasteiger partial charge in [0.2, 0.25) is 0 Å². The van der Waals surface area contributed by atoms with Crippen molar-refractivity contribution in [3.05, 3.63) is 0 Å². The van der Waals surface area contributed by atoms with E-state index in [0.717, 1.165) is 19.5 Å². The van der Waals surface area contributed by atoms with Gasteiger partial charge in [-0.15, -0.1) is 0 Å². The number of carbonyl (C=O) groups excluding carboxylic acids is 1. The lowest BCUT2D eigenvalue weighted by molar-refractivity contribution is -0.143. The zero-order chi connectivity index (χ0) is 9.84. The molecule has 1 aliphatic heterocycles. The van der Waals surface area contributed by atoms with E-state index in [0.29, 0.717) is 6.42 Å². The lowest BCUT2D eigenvalue weighted by Gasteiger charge is -2.33. The number of rotatable bonds is 2. The SMILES string of the molecule is COC(=O)CC1CN(C)CCC1O. The second-order valence-electron chi connectivity index (χ2n) is 3.66. The van der Waals surface area contributed by atoms with Gasteiger partial charge in [-0.3, -0.25) is 4.79 Å². The Kier molecular flexibility index (Phi) is 3.69. The maximum Gasteiger partial charge on any atom is 0.305 e. The highest BCUT2D eigenvalue weighted by molar-refractivity contribution is 5.69. The molecule has 2 atom stereocenters. The Labute approximate surface area is 78.5 Å². The van der Waals surface area contributed by atoms with Gasteiger partial charge in [0.05, 0.1) is 19.6 Å². The number of nitrogens with zero attached hydrogens (tertiary/aromatic N) is 1. The molecule has 0 spiro atoms. The third-order valence-electron chi connectivity index (χ3n) is 2.55. The van der Waals surface area contributed by atoms with Crippen molar-refractivity contribution >= 4 is 5.97 Å². The number of likely N-dealkylation sites (tertiary alicyclic amines) is 1. The lowest BCUT2D eigenvalue weighted by Crippen LogP contribution is -2.42. The molecule has 1 saturated heterocycles. The fraction of sp³-hybridized carbons (Fsp3) is 0.889. The number of piperidine rings is 1. The number of methoxy groups -OCH3 is 1. The first-order valence-corrected chi connectivity index (χ1v) is 4.57. The predicted octanol–water partition coefficient (Wildman–Crippen LogP) is -0.138. The second kappa shape index (κ2) is 4.58. The molecule has 1 heterocycles. The molecule has 4 heteroatoms. The Morgan fingerprint density at radius 1 is 1.69 bits per heavy atom. The molecule has 0 radical (unpaired) electrons. The number of carbonyl (C=O) groups is 1. The van der Waals surface area contributed by atoms with Gasteiger partial charge in [0.1, 0.15) is 0 Å². The lowest BCUT2D eigenvalue weighted by atomic mass is 9.92. The Morgan fingerprint density at radius 2 is 2.38 bits per heavy atom. The molecule has 1 rings (SSSR count). The summed E-state index contributed by atoms with van der Waals surface area (Å²) >= 11 is 0. The highest BCUT2D eigenvalue weighted by Crippen LogP contribution is 2.19. The van der Waals surface area contributed by atoms with Crippen molar-refractivity contribution in [3.63, 3.8) is 0 Å². The van der Waals surface area contributed by atoms with Gasteiger partial charge in [-0.2, -0.15) is 0 Å². The van der Waals surface area contributed by atoms with Crippen molar-refractivity contribution in [3.8, 4) is 0 Å². The molecule has 0 aliphatic carbocycles. The normalized spacial score (nSPS) is 30.1. The van der Waals surface area contributed by atoms with E-state index in [-0.39, 0.29) is 18.0 Å². The molecule has 76 valence electrons. The number of hydrogen-bond acceptors (Lipinski definition) is 4. The largest absolute Gasteiger partial charge is 0.469 e. The van der Waals surface area contributed by atoms with Crippen LogP contribution in [0.1, 0.15) is 12.8 Å². The molecule has 1 N–H and O–H groups in total. The highest BCUT2D eigenvalue weighted by atomic mass is 16.5. The average molecular weight is 187 g/mol. The summed E-state index contributed by atoms with van der Waals surface area (Å²) in [4.78, 5) is 13.1. The third-order valence-corrected chi connectivity index (χ3v) is 2.55. The van der Waals surface area contributed by atoms with Gasteiger partial charge in [-0.05, 0) is 13.5 Å². The van der Waals surface area contributed by atoms with E-state index in [1.807, 2.05) is 7.05 Å². The van der Waals surface area contributed by atoms with Crippen molar-refractivity contribution in [1.82, 2.24) is 4.90 Å². The molecule has 0 aromatic carbocycles. The van der Waals surface area contributed by atoms with E-state index in [2.05, 4.69) is 9.64 Å². The monoisotopic (exact) mass is 187 g/mol. The molecule has 0 bridgehead atoms. The van der Waals surface area contributed by atoms with Gasteiger partial charge in [-0.1, -0.05) is 0 Å². The Balaban J connectivity index is 2.41. The van der Waals surface area contributed by atoms with E-state index >= 15 is 0 Å². The third kappa shape index (κ3) is 2.97. The van der Waals surface area contributed by atoms with Crippen molar-refractivity contribution in [2.24, 2.45) is 5.92 Å². The van der Waals surface area contributed by atoms with Gasteiger partial charge in [-0.25, -0.2) is 0 Å². The van der Waals surface area contributed by atoms with Gasteiger partial charge >= 0.3 is 5.97 Å². The van der Waals surface area contributed by atoms with Crippen molar-refractivity contribution < 1.29 is 14.6 Å². The van der Waals surface area contributed by atoms with Crippen molar-refractivity contribution in [1.29, 1.82) is 0 Å². The molecule has 1 aliphatic rings. The molecule has 0 saturated carbocycles. The average Bonchev–Trinajstić information content (AvgIpc) is 2.11. The molecule has 13 heavy (non-hydrogen) atoms. The first-order chi connectivity index (χ1) is 6.13. The smallest absolute Gasteiger partial charge is 0.305 e. The number of hydrogen-bond donors (Lipinski definition) is 1. The number of aliphatic hydroxyl groups excluding tert-OH is 1. The Hall–Kier alpha value is -0.610. The van der Waals surface area contributed by atoms with Crippen LogP contribution in [0.2, 0.25) is 0 Å². The molecular formula is C9H17NO3. The first-order valence-electron chi connectivity index (χ1n) is 4.57. The summed E-state index contributed by atoms with van der Waals surface area (Å²) in [5.41, 5.74) is 0. The summed E-state index contributed by atoms with van der Waals surface area (Å²) in [6.07, 6.45) is 0.718. The van der Waals surface area contributed by atoms with E-state index in [4.69, 9.17) is 0 Å².